The van der Waals surface area contributed by atoms with Crippen LogP contribution in [-0.2, 0) is 16.4 Å². The van der Waals surface area contributed by atoms with E-state index >= 15 is 0 Å². The van der Waals surface area contributed by atoms with Crippen molar-refractivity contribution in [1.29, 1.82) is 0 Å². The highest BCUT2D eigenvalue weighted by atomic mass is 32.2. The monoisotopic (exact) mass is 330 g/mol. The fraction of sp³-hybridized carbons (Fsp3) is 0.235. The summed E-state index contributed by atoms with van der Waals surface area (Å²) >= 11 is 0. The second-order valence-electron chi connectivity index (χ2n) is 5.75. The molecule has 0 radical (unpaired) electrons. The van der Waals surface area contributed by atoms with Gasteiger partial charge in [0.25, 0.3) is 10.0 Å². The molecule has 6 heteroatoms. The number of aryl methyl sites for hydroxylation is 1. The highest BCUT2D eigenvalue weighted by Gasteiger charge is 2.30. The van der Waals surface area contributed by atoms with Gasteiger partial charge in [-0.25, -0.2) is 12.4 Å². The van der Waals surface area contributed by atoms with Gasteiger partial charge in [-0.1, -0.05) is 18.2 Å². The minimum atomic E-state index is -3.77. The zero-order valence-corrected chi connectivity index (χ0v) is 13.9. The summed E-state index contributed by atoms with van der Waals surface area (Å²) in [5, 5.41) is 0. The number of ketones is 1. The van der Waals surface area contributed by atoms with Crippen LogP contribution in [0.4, 0.5) is 0 Å². The average molecular weight is 330 g/mol. The second kappa shape index (κ2) is 5.70. The van der Waals surface area contributed by atoms with Crippen molar-refractivity contribution in [3.8, 4) is 0 Å². The van der Waals surface area contributed by atoms with Crippen molar-refractivity contribution in [2.45, 2.75) is 17.7 Å². The highest BCUT2D eigenvalue weighted by molar-refractivity contribution is 7.90. The van der Waals surface area contributed by atoms with Gasteiger partial charge in [-0.2, -0.15) is 0 Å². The van der Waals surface area contributed by atoms with E-state index in [9.17, 15) is 13.2 Å². The Hall–Kier alpha value is -2.34. The average Bonchev–Trinajstić information content (AvgIpc) is 2.96. The van der Waals surface area contributed by atoms with Gasteiger partial charge in [0.2, 0.25) is 5.78 Å². The number of fused-ring (bicyclic) bond motifs is 1. The number of allylic oxidation sites excluding steroid dienone is 1. The first kappa shape index (κ1) is 15.6. The van der Waals surface area contributed by atoms with Crippen LogP contribution in [0.5, 0.6) is 0 Å². The summed E-state index contributed by atoms with van der Waals surface area (Å²) in [6, 6.07) is 9.88. The largest absolute Gasteiger partial charge is 0.383 e. The van der Waals surface area contributed by atoms with Crippen LogP contribution in [0.15, 0.2) is 59.3 Å². The van der Waals surface area contributed by atoms with E-state index < -0.39 is 10.0 Å². The molecule has 0 saturated carbocycles. The molecule has 2 aromatic rings. The van der Waals surface area contributed by atoms with Gasteiger partial charge in [-0.15, -0.1) is 0 Å². The van der Waals surface area contributed by atoms with Crippen molar-refractivity contribution in [1.82, 2.24) is 8.87 Å². The number of hydrogen-bond donors (Lipinski definition) is 0. The fourth-order valence-corrected chi connectivity index (χ4v) is 4.17. The van der Waals surface area contributed by atoms with Crippen LogP contribution in [0.25, 0.3) is 0 Å². The Morgan fingerprint density at radius 2 is 1.78 bits per heavy atom. The van der Waals surface area contributed by atoms with Crippen LogP contribution < -0.4 is 0 Å². The number of rotatable bonds is 3. The van der Waals surface area contributed by atoms with E-state index in [4.69, 9.17) is 0 Å². The maximum absolute atomic E-state index is 12.8. The van der Waals surface area contributed by atoms with Crippen molar-refractivity contribution in [2.24, 2.45) is 0 Å². The second-order valence-corrected chi connectivity index (χ2v) is 7.57. The smallest absolute Gasteiger partial charge is 0.268 e. The van der Waals surface area contributed by atoms with Crippen molar-refractivity contribution in [3.63, 3.8) is 0 Å². The highest BCUT2D eigenvalue weighted by Crippen LogP contribution is 2.29. The zero-order chi connectivity index (χ0) is 16.6. The van der Waals surface area contributed by atoms with Gasteiger partial charge in [0.1, 0.15) is 5.69 Å². The molecule has 0 fully saturated rings. The van der Waals surface area contributed by atoms with Crippen LogP contribution in [0.3, 0.4) is 0 Å². The molecular formula is C17H18N2O3S. The lowest BCUT2D eigenvalue weighted by atomic mass is 9.92. The van der Waals surface area contributed by atoms with Gasteiger partial charge in [0.15, 0.2) is 0 Å². The van der Waals surface area contributed by atoms with E-state index in [2.05, 4.69) is 0 Å². The summed E-state index contributed by atoms with van der Waals surface area (Å²) in [6.45, 7) is 0. The third kappa shape index (κ3) is 2.70. The molecule has 1 aromatic carbocycles. The zero-order valence-electron chi connectivity index (χ0n) is 13.1. The predicted molar refractivity (Wildman–Crippen MR) is 87.9 cm³/mol. The van der Waals surface area contributed by atoms with Gasteiger partial charge < -0.3 is 4.90 Å². The van der Waals surface area contributed by atoms with Gasteiger partial charge in [0, 0.05) is 32.1 Å². The quantitative estimate of drug-likeness (QED) is 0.810. The Kier molecular flexibility index (Phi) is 3.85. The Morgan fingerprint density at radius 1 is 1.09 bits per heavy atom. The molecule has 23 heavy (non-hydrogen) atoms. The molecular weight excluding hydrogens is 312 g/mol. The molecule has 0 bridgehead atoms. The minimum Gasteiger partial charge on any atom is -0.383 e. The number of hydrogen-bond acceptors (Lipinski definition) is 4. The summed E-state index contributed by atoms with van der Waals surface area (Å²) in [7, 11) is -0.0813. The van der Waals surface area contributed by atoms with Crippen molar-refractivity contribution in [2.75, 3.05) is 14.1 Å². The molecule has 0 saturated heterocycles. The Morgan fingerprint density at radius 3 is 2.43 bits per heavy atom. The lowest BCUT2D eigenvalue weighted by molar-refractivity contribution is 0.101. The van der Waals surface area contributed by atoms with Crippen molar-refractivity contribution in [3.05, 3.63) is 65.6 Å². The fourth-order valence-electron chi connectivity index (χ4n) is 2.78. The van der Waals surface area contributed by atoms with E-state index in [1.54, 1.807) is 35.4 Å². The summed E-state index contributed by atoms with van der Waals surface area (Å²) in [4.78, 5) is 14.7. The number of benzene rings is 1. The maximum Gasteiger partial charge on any atom is 0.268 e. The van der Waals surface area contributed by atoms with Crippen LogP contribution >= 0.6 is 0 Å². The topological polar surface area (TPSA) is 59.4 Å². The molecule has 0 N–H and O–H groups in total. The minimum absolute atomic E-state index is 0.176. The maximum atomic E-state index is 12.8. The molecule has 120 valence electrons. The molecule has 0 unspecified atom stereocenters. The van der Waals surface area contributed by atoms with Crippen LogP contribution in [0.2, 0.25) is 0 Å². The van der Waals surface area contributed by atoms with E-state index in [1.807, 2.05) is 14.1 Å². The standard InChI is InChI=1S/C17H18N2O3S/c1-18(2)12-14-9-8-13-10-11-19(16(13)17(14)20)23(21,22)15-6-4-3-5-7-15/h3-7,10-12H,8-9H2,1-2H3. The summed E-state index contributed by atoms with van der Waals surface area (Å²) in [5.41, 5.74) is 1.67. The molecule has 3 rings (SSSR count). The Bertz CT molecular complexity index is 878. The lowest BCUT2D eigenvalue weighted by Gasteiger charge is -2.19. The number of aromatic nitrogens is 1. The Balaban J connectivity index is 2.13. The van der Waals surface area contributed by atoms with Gasteiger partial charge in [-0.3, -0.25) is 4.79 Å². The number of carbonyl (C=O) groups excluding carboxylic acids is 1. The third-order valence-corrected chi connectivity index (χ3v) is 5.51. The van der Waals surface area contributed by atoms with Crippen LogP contribution in [0.1, 0.15) is 22.5 Å². The van der Waals surface area contributed by atoms with Crippen LogP contribution in [-0.4, -0.2) is 37.2 Å². The molecule has 5 nitrogen and oxygen atoms in total. The molecule has 0 atom stereocenters. The van der Waals surface area contributed by atoms with Crippen molar-refractivity contribution < 1.29 is 13.2 Å². The number of Topliss-reactive ketones (excluding diaryl/α,β-unsaturated/α-hetero) is 1. The van der Waals surface area contributed by atoms with E-state index in [0.717, 1.165) is 9.54 Å². The first-order valence-corrected chi connectivity index (χ1v) is 8.78. The van der Waals surface area contributed by atoms with E-state index in [-0.39, 0.29) is 16.4 Å². The molecule has 1 aliphatic carbocycles. The summed E-state index contributed by atoms with van der Waals surface area (Å²) in [6.07, 6.45) is 4.53. The first-order chi connectivity index (χ1) is 10.9. The first-order valence-electron chi connectivity index (χ1n) is 7.34. The van der Waals surface area contributed by atoms with E-state index in [0.29, 0.717) is 18.4 Å². The normalized spacial score (nSPS) is 16.4. The molecule has 1 heterocycles. The lowest BCUT2D eigenvalue weighted by Crippen LogP contribution is -2.23. The summed E-state index contributed by atoms with van der Waals surface area (Å²) < 4.78 is 26.8. The summed E-state index contributed by atoms with van der Waals surface area (Å²) in [5.74, 6) is -0.218. The van der Waals surface area contributed by atoms with Gasteiger partial charge in [-0.05, 0) is 36.6 Å². The van der Waals surface area contributed by atoms with Crippen LogP contribution in [0, 0.1) is 0 Å². The van der Waals surface area contributed by atoms with Gasteiger partial charge in [0.05, 0.1) is 4.90 Å². The molecule has 1 aromatic heterocycles. The van der Waals surface area contributed by atoms with Crippen molar-refractivity contribution >= 4 is 15.8 Å². The number of carbonyl (C=O) groups is 1. The molecule has 0 spiro atoms. The molecule has 0 aliphatic heterocycles. The third-order valence-electron chi connectivity index (χ3n) is 3.82. The SMILES string of the molecule is CN(C)C=C1CCc2ccn(S(=O)(=O)c3ccccc3)c2C1=O. The molecule has 0 amide bonds. The predicted octanol–water partition coefficient (Wildman–Crippen LogP) is 2.30. The van der Waals surface area contributed by atoms with E-state index in [1.165, 1.54) is 18.3 Å². The Labute approximate surface area is 135 Å². The molecule has 1 aliphatic rings. The number of nitrogens with zero attached hydrogens (tertiary/aromatic N) is 2. The van der Waals surface area contributed by atoms with Gasteiger partial charge >= 0.3 is 0 Å².